The minimum absolute atomic E-state index is 0.199. The normalized spacial score (nSPS) is 20.0. The van der Waals surface area contributed by atoms with Crippen molar-refractivity contribution in [1.82, 2.24) is 4.31 Å². The summed E-state index contributed by atoms with van der Waals surface area (Å²) in [5, 5.41) is 0. The first-order valence-electron chi connectivity index (χ1n) is 6.66. The number of methoxy groups -OCH3 is 1. The summed E-state index contributed by atoms with van der Waals surface area (Å²) in [6.45, 7) is 2.58. The zero-order chi connectivity index (χ0) is 14.8. The molecule has 0 N–H and O–H groups in total. The molecule has 1 saturated heterocycles. The Morgan fingerprint density at radius 2 is 2.00 bits per heavy atom. The molecule has 1 atom stereocenters. The molecule has 20 heavy (non-hydrogen) atoms. The van der Waals surface area contributed by atoms with Crippen LogP contribution in [0, 0.1) is 5.92 Å². The van der Waals surface area contributed by atoms with Crippen LogP contribution in [0.3, 0.4) is 0 Å². The lowest BCUT2D eigenvalue weighted by molar-refractivity contribution is -0.144. The van der Waals surface area contributed by atoms with Gasteiger partial charge in [-0.25, -0.2) is 8.42 Å². The highest BCUT2D eigenvalue weighted by Gasteiger charge is 2.36. The van der Waals surface area contributed by atoms with Crippen LogP contribution in [-0.4, -0.2) is 38.9 Å². The maximum absolute atomic E-state index is 12.5. The van der Waals surface area contributed by atoms with E-state index in [4.69, 9.17) is 0 Å². The zero-order valence-electron chi connectivity index (χ0n) is 11.7. The summed E-state index contributed by atoms with van der Waals surface area (Å²) in [6.07, 6.45) is 1.38. The van der Waals surface area contributed by atoms with Crippen molar-refractivity contribution in [2.24, 2.45) is 5.92 Å². The number of sulfonamides is 1. The van der Waals surface area contributed by atoms with Gasteiger partial charge in [-0.15, -0.1) is 0 Å². The first-order chi connectivity index (χ1) is 9.48. The van der Waals surface area contributed by atoms with Crippen LogP contribution in [-0.2, 0) is 26.0 Å². The third kappa shape index (κ3) is 2.86. The topological polar surface area (TPSA) is 63.7 Å². The molecular formula is C14H19NO4S. The van der Waals surface area contributed by atoms with Gasteiger partial charge < -0.3 is 4.74 Å². The molecule has 1 heterocycles. The number of hydrogen-bond acceptors (Lipinski definition) is 4. The molecule has 0 radical (unpaired) electrons. The van der Waals surface area contributed by atoms with E-state index in [0.717, 1.165) is 12.0 Å². The van der Waals surface area contributed by atoms with Gasteiger partial charge in [0.05, 0.1) is 17.9 Å². The molecule has 0 aliphatic carbocycles. The predicted octanol–water partition coefficient (Wildman–Crippen LogP) is 1.43. The Kier molecular flexibility index (Phi) is 4.45. The largest absolute Gasteiger partial charge is 0.469 e. The number of carbonyl (C=O) groups is 1. The minimum Gasteiger partial charge on any atom is -0.469 e. The Balaban J connectivity index is 2.16. The molecular weight excluding hydrogens is 278 g/mol. The third-order valence-electron chi connectivity index (χ3n) is 3.65. The average Bonchev–Trinajstić information content (AvgIpc) is 2.97. The first kappa shape index (κ1) is 15.0. The van der Waals surface area contributed by atoms with E-state index in [2.05, 4.69) is 4.74 Å². The van der Waals surface area contributed by atoms with Crippen molar-refractivity contribution in [3.8, 4) is 0 Å². The molecule has 1 fully saturated rings. The lowest BCUT2D eigenvalue weighted by Crippen LogP contribution is -2.30. The van der Waals surface area contributed by atoms with Crippen molar-refractivity contribution in [3.05, 3.63) is 29.8 Å². The van der Waals surface area contributed by atoms with Gasteiger partial charge in [0.1, 0.15) is 0 Å². The lowest BCUT2D eigenvalue weighted by atomic mass is 10.1. The Bertz CT molecular complexity index is 580. The van der Waals surface area contributed by atoms with Crippen LogP contribution in [0.15, 0.2) is 29.2 Å². The van der Waals surface area contributed by atoms with Crippen LogP contribution in [0.5, 0.6) is 0 Å². The maximum Gasteiger partial charge on any atom is 0.310 e. The molecule has 0 spiro atoms. The van der Waals surface area contributed by atoms with Gasteiger partial charge in [0.15, 0.2) is 0 Å². The van der Waals surface area contributed by atoms with E-state index < -0.39 is 10.0 Å². The highest BCUT2D eigenvalue weighted by molar-refractivity contribution is 7.89. The number of nitrogens with zero attached hydrogens (tertiary/aromatic N) is 1. The van der Waals surface area contributed by atoms with Crippen LogP contribution < -0.4 is 0 Å². The van der Waals surface area contributed by atoms with Crippen molar-refractivity contribution in [2.75, 3.05) is 20.2 Å². The summed E-state index contributed by atoms with van der Waals surface area (Å²) in [7, 11) is -2.19. The van der Waals surface area contributed by atoms with Crippen LogP contribution in [0.1, 0.15) is 18.9 Å². The molecule has 5 nitrogen and oxygen atoms in total. The second-order valence-electron chi connectivity index (χ2n) is 4.87. The Hall–Kier alpha value is -1.40. The lowest BCUT2D eigenvalue weighted by Gasteiger charge is -2.16. The number of rotatable bonds is 4. The standard InChI is InChI=1S/C14H19NO4S/c1-3-11-4-6-13(7-5-11)20(17,18)15-9-8-12(10-15)14(16)19-2/h4-7,12H,3,8-10H2,1-2H3. The quantitative estimate of drug-likeness (QED) is 0.789. The number of benzene rings is 1. The summed E-state index contributed by atoms with van der Waals surface area (Å²) in [5.41, 5.74) is 1.10. The number of hydrogen-bond donors (Lipinski definition) is 0. The summed E-state index contributed by atoms with van der Waals surface area (Å²) in [5.74, 6) is -0.700. The van der Waals surface area contributed by atoms with Crippen LogP contribution in [0.4, 0.5) is 0 Å². The number of esters is 1. The van der Waals surface area contributed by atoms with Crippen molar-refractivity contribution >= 4 is 16.0 Å². The maximum atomic E-state index is 12.5. The second kappa shape index (κ2) is 5.93. The van der Waals surface area contributed by atoms with Gasteiger partial charge in [0.2, 0.25) is 10.0 Å². The molecule has 2 rings (SSSR count). The van der Waals surface area contributed by atoms with Crippen molar-refractivity contribution in [1.29, 1.82) is 0 Å². The summed E-state index contributed by atoms with van der Waals surface area (Å²) >= 11 is 0. The second-order valence-corrected chi connectivity index (χ2v) is 6.81. The van der Waals surface area contributed by atoms with Gasteiger partial charge in [-0.1, -0.05) is 19.1 Å². The van der Waals surface area contributed by atoms with E-state index in [-0.39, 0.29) is 23.3 Å². The molecule has 0 saturated carbocycles. The molecule has 1 unspecified atom stereocenters. The fourth-order valence-electron chi connectivity index (χ4n) is 2.35. The van der Waals surface area contributed by atoms with Crippen LogP contribution in [0.2, 0.25) is 0 Å². The SMILES string of the molecule is CCc1ccc(S(=O)(=O)N2CCC(C(=O)OC)C2)cc1. The Morgan fingerprint density at radius 1 is 1.35 bits per heavy atom. The fraction of sp³-hybridized carbons (Fsp3) is 0.500. The average molecular weight is 297 g/mol. The molecule has 0 bridgehead atoms. The zero-order valence-corrected chi connectivity index (χ0v) is 12.5. The van der Waals surface area contributed by atoms with Gasteiger partial charge in [-0.2, -0.15) is 4.31 Å². The van der Waals surface area contributed by atoms with E-state index >= 15 is 0 Å². The van der Waals surface area contributed by atoms with Crippen molar-refractivity contribution < 1.29 is 17.9 Å². The molecule has 0 aromatic heterocycles. The molecule has 1 aromatic carbocycles. The van der Waals surface area contributed by atoms with Gasteiger partial charge >= 0.3 is 5.97 Å². The highest BCUT2D eigenvalue weighted by atomic mass is 32.2. The Labute approximate surface area is 119 Å². The number of carbonyl (C=O) groups excluding carboxylic acids is 1. The molecule has 1 aromatic rings. The monoisotopic (exact) mass is 297 g/mol. The molecule has 1 aliphatic rings. The first-order valence-corrected chi connectivity index (χ1v) is 8.10. The van der Waals surface area contributed by atoms with E-state index in [1.807, 2.05) is 19.1 Å². The third-order valence-corrected chi connectivity index (χ3v) is 5.53. The Morgan fingerprint density at radius 3 is 2.55 bits per heavy atom. The molecule has 110 valence electrons. The number of aryl methyl sites for hydroxylation is 1. The van der Waals surface area contributed by atoms with E-state index in [0.29, 0.717) is 13.0 Å². The fourth-order valence-corrected chi connectivity index (χ4v) is 3.85. The summed E-state index contributed by atoms with van der Waals surface area (Å²) < 4.78 is 31.0. The highest BCUT2D eigenvalue weighted by Crippen LogP contribution is 2.25. The summed E-state index contributed by atoms with van der Waals surface area (Å²) in [6, 6.07) is 6.89. The molecule has 6 heteroatoms. The van der Waals surface area contributed by atoms with E-state index in [1.54, 1.807) is 12.1 Å². The minimum atomic E-state index is -3.51. The van der Waals surface area contributed by atoms with E-state index in [9.17, 15) is 13.2 Å². The van der Waals surface area contributed by atoms with Gasteiger partial charge in [-0.05, 0) is 30.5 Å². The summed E-state index contributed by atoms with van der Waals surface area (Å²) in [4.78, 5) is 11.7. The van der Waals surface area contributed by atoms with Crippen LogP contribution >= 0.6 is 0 Å². The van der Waals surface area contributed by atoms with E-state index in [1.165, 1.54) is 11.4 Å². The smallest absolute Gasteiger partial charge is 0.310 e. The predicted molar refractivity (Wildman–Crippen MR) is 74.7 cm³/mol. The molecule has 0 amide bonds. The van der Waals surface area contributed by atoms with Crippen LogP contribution in [0.25, 0.3) is 0 Å². The molecule has 1 aliphatic heterocycles. The van der Waals surface area contributed by atoms with Crippen molar-refractivity contribution in [2.45, 2.75) is 24.7 Å². The number of ether oxygens (including phenoxy) is 1. The van der Waals surface area contributed by atoms with Gasteiger partial charge in [0, 0.05) is 13.1 Å². The van der Waals surface area contributed by atoms with Gasteiger partial charge in [0.25, 0.3) is 0 Å². The van der Waals surface area contributed by atoms with Crippen molar-refractivity contribution in [3.63, 3.8) is 0 Å². The van der Waals surface area contributed by atoms with Gasteiger partial charge in [-0.3, -0.25) is 4.79 Å².